The number of hydrogen-bond acceptors (Lipinski definition) is 4. The van der Waals surface area contributed by atoms with Crippen molar-refractivity contribution in [3.8, 4) is 0 Å². The molecule has 0 heterocycles. The minimum absolute atomic E-state index is 0.521. The zero-order valence-corrected chi connectivity index (χ0v) is 13.3. The lowest BCUT2D eigenvalue weighted by atomic mass is 10.3. The Morgan fingerprint density at radius 3 is 2.25 bits per heavy atom. The second-order valence-electron chi connectivity index (χ2n) is 4.45. The molecular weight excluding hydrogens is 272 g/mol. The SMILES string of the molecule is CN=C(N=Nc1ccc(N(C)C)cc1)SC(N)=[N+](C)C. The highest BCUT2D eigenvalue weighted by atomic mass is 32.2. The van der Waals surface area contributed by atoms with E-state index in [9.17, 15) is 0 Å². The molecule has 0 aliphatic carbocycles. The Morgan fingerprint density at radius 2 is 1.80 bits per heavy atom. The van der Waals surface area contributed by atoms with Crippen LogP contribution in [0.2, 0.25) is 0 Å². The van der Waals surface area contributed by atoms with Gasteiger partial charge in [-0.2, -0.15) is 0 Å². The third kappa shape index (κ3) is 5.00. The van der Waals surface area contributed by atoms with E-state index in [0.717, 1.165) is 11.4 Å². The number of azo groups is 1. The summed E-state index contributed by atoms with van der Waals surface area (Å²) in [6.07, 6.45) is 0. The fourth-order valence-electron chi connectivity index (χ4n) is 1.21. The van der Waals surface area contributed by atoms with Crippen LogP contribution in [0, 0.1) is 0 Å². The van der Waals surface area contributed by atoms with Gasteiger partial charge in [-0.05, 0) is 24.3 Å². The highest BCUT2D eigenvalue weighted by molar-refractivity contribution is 8.26. The van der Waals surface area contributed by atoms with Crippen molar-refractivity contribution in [2.45, 2.75) is 0 Å². The van der Waals surface area contributed by atoms with Crippen molar-refractivity contribution in [1.82, 2.24) is 0 Å². The van der Waals surface area contributed by atoms with Crippen molar-refractivity contribution in [3.63, 3.8) is 0 Å². The maximum atomic E-state index is 5.83. The van der Waals surface area contributed by atoms with Crippen LogP contribution in [0.5, 0.6) is 0 Å². The summed E-state index contributed by atoms with van der Waals surface area (Å²) in [7, 11) is 9.39. The molecule has 0 saturated carbocycles. The minimum Gasteiger partial charge on any atom is -0.378 e. The van der Waals surface area contributed by atoms with Crippen LogP contribution in [0.25, 0.3) is 0 Å². The Labute approximate surface area is 124 Å². The van der Waals surface area contributed by atoms with Gasteiger partial charge in [0.1, 0.15) is 0 Å². The van der Waals surface area contributed by atoms with Gasteiger partial charge in [-0.25, -0.2) is 0 Å². The smallest absolute Gasteiger partial charge is 0.311 e. The van der Waals surface area contributed by atoms with Crippen LogP contribution in [0.15, 0.2) is 39.5 Å². The largest absolute Gasteiger partial charge is 0.378 e. The maximum absolute atomic E-state index is 5.83. The lowest BCUT2D eigenvalue weighted by Crippen LogP contribution is -2.20. The summed E-state index contributed by atoms with van der Waals surface area (Å²) in [5, 5.41) is 9.40. The molecule has 0 aromatic heterocycles. The molecule has 0 fully saturated rings. The number of amidine groups is 2. The average molecular weight is 293 g/mol. The van der Waals surface area contributed by atoms with E-state index in [4.69, 9.17) is 5.73 Å². The van der Waals surface area contributed by atoms with Crippen molar-refractivity contribution in [2.24, 2.45) is 21.0 Å². The monoisotopic (exact) mass is 293 g/mol. The number of rotatable bonds is 2. The molecular formula is C13H21N6S+. The van der Waals surface area contributed by atoms with Crippen molar-refractivity contribution >= 4 is 33.5 Å². The Bertz CT molecular complexity index is 526. The lowest BCUT2D eigenvalue weighted by Gasteiger charge is -2.11. The number of anilines is 1. The van der Waals surface area contributed by atoms with E-state index in [0.29, 0.717) is 10.3 Å². The van der Waals surface area contributed by atoms with E-state index in [2.05, 4.69) is 15.2 Å². The minimum atomic E-state index is 0.521. The number of benzene rings is 1. The van der Waals surface area contributed by atoms with Crippen molar-refractivity contribution in [2.75, 3.05) is 40.1 Å². The summed E-state index contributed by atoms with van der Waals surface area (Å²) >= 11 is 1.28. The van der Waals surface area contributed by atoms with E-state index in [-0.39, 0.29) is 0 Å². The highest BCUT2D eigenvalue weighted by Gasteiger charge is 2.07. The summed E-state index contributed by atoms with van der Waals surface area (Å²) in [5.74, 6) is 0. The predicted molar refractivity (Wildman–Crippen MR) is 87.5 cm³/mol. The first-order valence-corrected chi connectivity index (χ1v) is 6.89. The van der Waals surface area contributed by atoms with Gasteiger partial charge in [-0.1, -0.05) is 0 Å². The van der Waals surface area contributed by atoms with Gasteiger partial charge in [0.05, 0.1) is 19.8 Å². The molecule has 0 radical (unpaired) electrons. The molecule has 0 spiro atoms. The van der Waals surface area contributed by atoms with Gasteiger partial charge < -0.3 is 4.90 Å². The standard InChI is InChI=1S/C13H20N6S/c1-15-13(20-12(14)19(4)5)17-16-10-6-8-11(9-7-10)18(2)3/h6-9,14H,1-5H3/p+1. The second-order valence-corrected chi connectivity index (χ2v) is 5.44. The molecule has 0 saturated heterocycles. The van der Waals surface area contributed by atoms with Crippen molar-refractivity contribution in [3.05, 3.63) is 24.3 Å². The van der Waals surface area contributed by atoms with Gasteiger partial charge >= 0.3 is 5.17 Å². The van der Waals surface area contributed by atoms with Gasteiger partial charge in [-0.15, -0.1) is 10.2 Å². The zero-order chi connectivity index (χ0) is 15.1. The third-order valence-corrected chi connectivity index (χ3v) is 3.47. The van der Waals surface area contributed by atoms with Crippen LogP contribution in [-0.2, 0) is 0 Å². The molecule has 2 N–H and O–H groups in total. The van der Waals surface area contributed by atoms with Gasteiger partial charge in [0.15, 0.2) is 0 Å². The van der Waals surface area contributed by atoms with E-state index >= 15 is 0 Å². The Balaban J connectivity index is 2.77. The molecule has 0 aliphatic heterocycles. The van der Waals surface area contributed by atoms with E-state index in [1.54, 1.807) is 11.6 Å². The molecule has 7 heteroatoms. The van der Waals surface area contributed by atoms with E-state index in [1.807, 2.05) is 57.4 Å². The molecule has 0 atom stereocenters. The van der Waals surface area contributed by atoms with Crippen LogP contribution in [0.3, 0.4) is 0 Å². The Morgan fingerprint density at radius 1 is 1.20 bits per heavy atom. The van der Waals surface area contributed by atoms with Crippen LogP contribution in [0.4, 0.5) is 11.4 Å². The average Bonchev–Trinajstić information content (AvgIpc) is 2.43. The van der Waals surface area contributed by atoms with Gasteiger partial charge in [0, 0.05) is 38.6 Å². The fourth-order valence-corrected chi connectivity index (χ4v) is 1.76. The first-order chi connectivity index (χ1) is 9.43. The number of hydrogen-bond donors (Lipinski definition) is 1. The molecule has 1 aromatic carbocycles. The summed E-state index contributed by atoms with van der Waals surface area (Å²) in [5.41, 5.74) is 7.73. The summed E-state index contributed by atoms with van der Waals surface area (Å²) in [6.45, 7) is 0. The number of nitrogens with zero attached hydrogens (tertiary/aromatic N) is 5. The Kier molecular flexibility index (Phi) is 6.17. The molecule has 0 bridgehead atoms. The predicted octanol–water partition coefficient (Wildman–Crippen LogP) is 2.14. The molecule has 1 aromatic rings. The third-order valence-electron chi connectivity index (χ3n) is 2.45. The normalized spacial score (nSPS) is 11.8. The maximum Gasteiger partial charge on any atom is 0.311 e. The lowest BCUT2D eigenvalue weighted by molar-refractivity contribution is -0.462. The summed E-state index contributed by atoms with van der Waals surface area (Å²) in [6, 6.07) is 7.81. The number of aliphatic imine (C=N–C) groups is 1. The first kappa shape index (κ1) is 16.2. The zero-order valence-electron chi connectivity index (χ0n) is 12.5. The quantitative estimate of drug-likeness (QED) is 0.393. The van der Waals surface area contributed by atoms with Crippen LogP contribution < -0.4 is 10.6 Å². The molecule has 0 unspecified atom stereocenters. The van der Waals surface area contributed by atoms with Crippen molar-refractivity contribution in [1.29, 1.82) is 0 Å². The van der Waals surface area contributed by atoms with Crippen LogP contribution in [-0.4, -0.2) is 50.1 Å². The molecule has 6 nitrogen and oxygen atoms in total. The van der Waals surface area contributed by atoms with Crippen LogP contribution in [0.1, 0.15) is 0 Å². The number of nitrogens with two attached hydrogens (primary N) is 1. The van der Waals surface area contributed by atoms with Crippen LogP contribution >= 0.6 is 11.8 Å². The van der Waals surface area contributed by atoms with E-state index < -0.39 is 0 Å². The second kappa shape index (κ2) is 7.64. The highest BCUT2D eigenvalue weighted by Crippen LogP contribution is 2.19. The van der Waals surface area contributed by atoms with Gasteiger partial charge in [0.2, 0.25) is 5.17 Å². The topological polar surface area (TPSA) is 69.4 Å². The fraction of sp³-hybridized carbons (Fsp3) is 0.385. The van der Waals surface area contributed by atoms with Gasteiger partial charge in [-0.3, -0.25) is 15.3 Å². The van der Waals surface area contributed by atoms with Crippen molar-refractivity contribution < 1.29 is 4.58 Å². The molecule has 0 aliphatic rings. The molecule has 1 rings (SSSR count). The van der Waals surface area contributed by atoms with Gasteiger partial charge in [0.25, 0.3) is 0 Å². The summed E-state index contributed by atoms with van der Waals surface area (Å²) in [4.78, 5) is 6.08. The summed E-state index contributed by atoms with van der Waals surface area (Å²) < 4.78 is 1.80. The van der Waals surface area contributed by atoms with E-state index in [1.165, 1.54) is 11.8 Å². The molecule has 108 valence electrons. The molecule has 0 amide bonds. The first-order valence-electron chi connectivity index (χ1n) is 6.07. The Hall–Kier alpha value is -1.89. The number of thioether (sulfide) groups is 1. The molecule has 20 heavy (non-hydrogen) atoms.